The van der Waals surface area contributed by atoms with E-state index in [-0.39, 0.29) is 6.54 Å². The van der Waals surface area contributed by atoms with Crippen molar-refractivity contribution in [3.8, 4) is 0 Å². The second-order valence-corrected chi connectivity index (χ2v) is 3.15. The molecule has 0 aliphatic carbocycles. The molecule has 0 aromatic rings. The van der Waals surface area contributed by atoms with Crippen molar-refractivity contribution in [3.05, 3.63) is 0 Å². The number of aliphatic carboxylic acids is 2. The summed E-state index contributed by atoms with van der Waals surface area (Å²) in [5.41, 5.74) is 10.4. The first kappa shape index (κ1) is 13.5. The van der Waals surface area contributed by atoms with E-state index in [0.717, 1.165) is 0 Å². The van der Waals surface area contributed by atoms with Gasteiger partial charge in [-0.15, -0.1) is 0 Å². The second kappa shape index (κ2) is 6.10. The van der Waals surface area contributed by atoms with E-state index < -0.39 is 42.5 Å². The third kappa shape index (κ3) is 5.08. The van der Waals surface area contributed by atoms with Gasteiger partial charge in [0.25, 0.3) is 0 Å². The third-order valence-electron chi connectivity index (χ3n) is 1.89. The number of hydrogen-bond donors (Lipinski definition) is 4. The van der Waals surface area contributed by atoms with E-state index in [4.69, 9.17) is 21.7 Å². The van der Waals surface area contributed by atoms with E-state index in [2.05, 4.69) is 0 Å². The summed E-state index contributed by atoms with van der Waals surface area (Å²) in [5, 5.41) is 17.0. The molecule has 0 radical (unpaired) electrons. The molecule has 0 rings (SSSR count). The lowest BCUT2D eigenvalue weighted by Crippen LogP contribution is -2.39. The van der Waals surface area contributed by atoms with Crippen molar-refractivity contribution in [3.63, 3.8) is 0 Å². The third-order valence-corrected chi connectivity index (χ3v) is 1.89. The minimum atomic E-state index is -1.32. The number of carboxylic acids is 2. The van der Waals surface area contributed by atoms with Gasteiger partial charge in [0, 0.05) is 13.0 Å². The average Bonchev–Trinajstić information content (AvgIpc) is 2.14. The van der Waals surface area contributed by atoms with Crippen molar-refractivity contribution < 1.29 is 24.6 Å². The molecule has 0 heterocycles. The Morgan fingerprint density at radius 1 is 1.13 bits per heavy atom. The van der Waals surface area contributed by atoms with Gasteiger partial charge in [-0.05, 0) is 0 Å². The Morgan fingerprint density at radius 3 is 2.00 bits per heavy atom. The fourth-order valence-electron chi connectivity index (χ4n) is 0.983. The first-order valence-electron chi connectivity index (χ1n) is 4.31. The standard InChI is InChI=1S/C8H14N2O5/c9-3-5(10)6(11)1-4(8(14)15)2-7(12)13/h4-5H,1-3,9-10H2,(H,12,13)(H,14,15)/t4-,5-/m1/s1. The van der Waals surface area contributed by atoms with Crippen molar-refractivity contribution >= 4 is 17.7 Å². The quantitative estimate of drug-likeness (QED) is 0.403. The smallest absolute Gasteiger partial charge is 0.307 e. The molecular weight excluding hydrogens is 204 g/mol. The molecule has 0 aliphatic heterocycles. The van der Waals surface area contributed by atoms with Gasteiger partial charge in [0.2, 0.25) is 0 Å². The summed E-state index contributed by atoms with van der Waals surface area (Å²) in [4.78, 5) is 32.1. The molecule has 15 heavy (non-hydrogen) atoms. The predicted molar refractivity (Wildman–Crippen MR) is 50.0 cm³/mol. The first-order valence-corrected chi connectivity index (χ1v) is 4.31. The predicted octanol–water partition coefficient (Wildman–Crippen LogP) is -1.59. The summed E-state index contributed by atoms with van der Waals surface area (Å²) in [6.07, 6.45) is -1.00. The Balaban J connectivity index is 4.35. The van der Waals surface area contributed by atoms with Crippen molar-refractivity contribution in [2.24, 2.45) is 17.4 Å². The van der Waals surface area contributed by atoms with Crippen LogP contribution in [0.25, 0.3) is 0 Å². The van der Waals surface area contributed by atoms with Crippen LogP contribution < -0.4 is 11.5 Å². The van der Waals surface area contributed by atoms with Crippen LogP contribution in [0.3, 0.4) is 0 Å². The van der Waals surface area contributed by atoms with Gasteiger partial charge in [-0.1, -0.05) is 0 Å². The highest BCUT2D eigenvalue weighted by molar-refractivity contribution is 5.89. The Kier molecular flexibility index (Phi) is 5.50. The highest BCUT2D eigenvalue weighted by Gasteiger charge is 2.26. The fraction of sp³-hybridized carbons (Fsp3) is 0.625. The molecule has 0 saturated heterocycles. The summed E-state index contributed by atoms with van der Waals surface area (Å²) in [6, 6.07) is -0.930. The molecule has 0 bridgehead atoms. The Morgan fingerprint density at radius 2 is 1.67 bits per heavy atom. The lowest BCUT2D eigenvalue weighted by atomic mass is 9.96. The zero-order valence-electron chi connectivity index (χ0n) is 8.05. The molecule has 0 fully saturated rings. The maximum Gasteiger partial charge on any atom is 0.307 e. The fourth-order valence-corrected chi connectivity index (χ4v) is 0.983. The summed E-state index contributed by atoms with van der Waals surface area (Å²) in [5.74, 6) is -4.37. The van der Waals surface area contributed by atoms with Gasteiger partial charge in [-0.25, -0.2) is 0 Å². The van der Waals surface area contributed by atoms with Gasteiger partial charge in [0.05, 0.1) is 18.4 Å². The molecule has 0 aliphatic rings. The van der Waals surface area contributed by atoms with E-state index in [1.54, 1.807) is 0 Å². The number of nitrogens with two attached hydrogens (primary N) is 2. The van der Waals surface area contributed by atoms with Crippen LogP contribution in [0.1, 0.15) is 12.8 Å². The molecule has 2 atom stereocenters. The number of hydrogen-bond acceptors (Lipinski definition) is 5. The zero-order chi connectivity index (χ0) is 12.0. The Hall–Kier alpha value is -1.47. The van der Waals surface area contributed by atoms with E-state index in [9.17, 15) is 14.4 Å². The van der Waals surface area contributed by atoms with Crippen LogP contribution in [0.5, 0.6) is 0 Å². The molecule has 0 saturated carbocycles. The van der Waals surface area contributed by atoms with Crippen molar-refractivity contribution in [1.29, 1.82) is 0 Å². The van der Waals surface area contributed by atoms with Gasteiger partial charge >= 0.3 is 11.9 Å². The number of ketones is 1. The molecule has 0 aromatic carbocycles. The minimum Gasteiger partial charge on any atom is -0.481 e. The van der Waals surface area contributed by atoms with Gasteiger partial charge in [-0.2, -0.15) is 0 Å². The van der Waals surface area contributed by atoms with E-state index in [0.29, 0.717) is 0 Å². The van der Waals surface area contributed by atoms with Gasteiger partial charge in [-0.3, -0.25) is 14.4 Å². The van der Waals surface area contributed by atoms with Crippen molar-refractivity contribution in [1.82, 2.24) is 0 Å². The van der Waals surface area contributed by atoms with Crippen LogP contribution >= 0.6 is 0 Å². The summed E-state index contributed by atoms with van der Waals surface area (Å²) >= 11 is 0. The van der Waals surface area contributed by atoms with Gasteiger partial charge in [0.1, 0.15) is 0 Å². The number of carbonyl (C=O) groups is 3. The second-order valence-electron chi connectivity index (χ2n) is 3.15. The first-order chi connectivity index (χ1) is 6.88. The highest BCUT2D eigenvalue weighted by atomic mass is 16.4. The largest absolute Gasteiger partial charge is 0.481 e. The lowest BCUT2D eigenvalue weighted by molar-refractivity contribution is -0.149. The number of carbonyl (C=O) groups excluding carboxylic acids is 1. The van der Waals surface area contributed by atoms with E-state index in [1.165, 1.54) is 0 Å². The van der Waals surface area contributed by atoms with Crippen LogP contribution in [-0.2, 0) is 14.4 Å². The van der Waals surface area contributed by atoms with Crippen LogP contribution in [0.4, 0.5) is 0 Å². The van der Waals surface area contributed by atoms with Crippen LogP contribution in [0.2, 0.25) is 0 Å². The molecule has 0 unspecified atom stereocenters. The van der Waals surface area contributed by atoms with Crippen molar-refractivity contribution in [2.45, 2.75) is 18.9 Å². The van der Waals surface area contributed by atoms with Gasteiger partial charge < -0.3 is 21.7 Å². The molecule has 0 aromatic heterocycles. The number of carboxylic acid groups (broad SMARTS) is 2. The monoisotopic (exact) mass is 218 g/mol. The van der Waals surface area contributed by atoms with Gasteiger partial charge in [0.15, 0.2) is 5.78 Å². The van der Waals surface area contributed by atoms with Crippen LogP contribution in [-0.4, -0.2) is 40.5 Å². The highest BCUT2D eigenvalue weighted by Crippen LogP contribution is 2.10. The maximum atomic E-state index is 11.2. The number of rotatable bonds is 7. The van der Waals surface area contributed by atoms with Crippen molar-refractivity contribution in [2.75, 3.05) is 6.54 Å². The Labute approximate surface area is 86.0 Å². The Bertz CT molecular complexity index is 266. The van der Waals surface area contributed by atoms with E-state index in [1.807, 2.05) is 0 Å². The number of Topliss-reactive ketones (excluding diaryl/α,β-unsaturated/α-hetero) is 1. The SMILES string of the molecule is NC[C@@H](N)C(=O)C[C@H](CC(=O)O)C(=O)O. The summed E-state index contributed by atoms with van der Waals surface area (Å²) in [7, 11) is 0. The molecular formula is C8H14N2O5. The molecule has 0 spiro atoms. The average molecular weight is 218 g/mol. The van der Waals surface area contributed by atoms with Crippen LogP contribution in [0, 0.1) is 5.92 Å². The normalized spacial score (nSPS) is 14.3. The molecule has 7 nitrogen and oxygen atoms in total. The lowest BCUT2D eigenvalue weighted by Gasteiger charge is -2.11. The molecule has 86 valence electrons. The maximum absolute atomic E-state index is 11.2. The zero-order valence-corrected chi connectivity index (χ0v) is 8.05. The topological polar surface area (TPSA) is 144 Å². The molecule has 7 heteroatoms. The van der Waals surface area contributed by atoms with Crippen LogP contribution in [0.15, 0.2) is 0 Å². The molecule has 6 N–H and O–H groups in total. The minimum absolute atomic E-state index is 0.0851. The summed E-state index contributed by atoms with van der Waals surface area (Å²) < 4.78 is 0. The molecule has 0 amide bonds. The van der Waals surface area contributed by atoms with E-state index >= 15 is 0 Å². The summed E-state index contributed by atoms with van der Waals surface area (Å²) in [6.45, 7) is -0.0851.